The Kier molecular flexibility index (Phi) is 10.6. The Labute approximate surface area is 232 Å². The van der Waals surface area contributed by atoms with E-state index in [0.29, 0.717) is 35.9 Å². The summed E-state index contributed by atoms with van der Waals surface area (Å²) in [5.74, 6) is -3.23. The first-order valence-electron chi connectivity index (χ1n) is 13.2. The van der Waals surface area contributed by atoms with Crippen LogP contribution >= 0.6 is 0 Å². The summed E-state index contributed by atoms with van der Waals surface area (Å²) in [5, 5.41) is 24.7. The van der Waals surface area contributed by atoms with Gasteiger partial charge in [-0.2, -0.15) is 0 Å². The Morgan fingerprint density at radius 3 is 2.50 bits per heavy atom. The number of rotatable bonds is 14. The fraction of sp³-hybridized carbons (Fsp3) is 0.414. The molecule has 214 valence electrons. The van der Waals surface area contributed by atoms with Crippen LogP contribution < -0.4 is 16.4 Å². The number of nitrogens with two attached hydrogens (primary N) is 1. The standard InChI is InChI=1S/C29H36FN5O5/c1-29(2,40)12-6-8-19(26(36)33-16-22(31)28(38)39)15-21(14-18-7-5-9-20(30)13-18)34-27(37)25-17-32-23-10-3-4-11-24(23)35-25/h3-5,7,9-11,13,17,19,21-22,40H,6,8,12,14-16,31H2,1-2H3,(H,33,36)(H,34,37)(H,38,39)/t19-,21-,22?/m1/s1. The molecule has 1 aromatic heterocycles. The molecule has 0 radical (unpaired) electrons. The summed E-state index contributed by atoms with van der Waals surface area (Å²) in [4.78, 5) is 46.2. The molecule has 0 fully saturated rings. The summed E-state index contributed by atoms with van der Waals surface area (Å²) in [6.07, 6.45) is 3.07. The van der Waals surface area contributed by atoms with Crippen LogP contribution in [-0.2, 0) is 16.0 Å². The molecule has 1 unspecified atom stereocenters. The van der Waals surface area contributed by atoms with Gasteiger partial charge < -0.3 is 26.6 Å². The quantitative estimate of drug-likeness (QED) is 0.203. The summed E-state index contributed by atoms with van der Waals surface area (Å²) in [7, 11) is 0. The third kappa shape index (κ3) is 9.65. The van der Waals surface area contributed by atoms with Gasteiger partial charge >= 0.3 is 5.97 Å². The molecule has 11 heteroatoms. The van der Waals surface area contributed by atoms with Crippen molar-refractivity contribution in [2.75, 3.05) is 6.54 Å². The maximum Gasteiger partial charge on any atom is 0.322 e. The molecule has 0 saturated heterocycles. The van der Waals surface area contributed by atoms with Gasteiger partial charge in [0.1, 0.15) is 17.6 Å². The number of aliphatic hydroxyl groups is 1. The summed E-state index contributed by atoms with van der Waals surface area (Å²) in [5.41, 5.74) is 6.53. The van der Waals surface area contributed by atoms with Gasteiger partial charge in [0, 0.05) is 18.5 Å². The van der Waals surface area contributed by atoms with E-state index in [-0.39, 0.29) is 25.1 Å². The Balaban J connectivity index is 1.83. The Morgan fingerprint density at radius 1 is 1.10 bits per heavy atom. The van der Waals surface area contributed by atoms with Crippen molar-refractivity contribution in [3.8, 4) is 0 Å². The van der Waals surface area contributed by atoms with Crippen molar-refractivity contribution < 1.29 is 29.0 Å². The zero-order valence-electron chi connectivity index (χ0n) is 22.6. The van der Waals surface area contributed by atoms with Gasteiger partial charge in [-0.15, -0.1) is 0 Å². The van der Waals surface area contributed by atoms with Gasteiger partial charge in [0.25, 0.3) is 5.91 Å². The van der Waals surface area contributed by atoms with Crippen LogP contribution in [0.5, 0.6) is 0 Å². The number of aromatic nitrogens is 2. The number of fused-ring (bicyclic) bond motifs is 1. The van der Waals surface area contributed by atoms with Gasteiger partial charge in [-0.25, -0.2) is 9.37 Å². The number of amides is 2. The number of halogens is 1. The SMILES string of the molecule is CC(C)(O)CCC[C@H](C[C@@H](Cc1cccc(F)c1)NC(=O)c1cnc2ccccc2n1)C(=O)NCC(N)C(=O)O. The predicted molar refractivity (Wildman–Crippen MR) is 148 cm³/mol. The maximum atomic E-state index is 14.0. The van der Waals surface area contributed by atoms with Gasteiger partial charge in [-0.1, -0.05) is 24.3 Å². The first-order chi connectivity index (χ1) is 18.9. The van der Waals surface area contributed by atoms with Crippen molar-refractivity contribution in [3.63, 3.8) is 0 Å². The van der Waals surface area contributed by atoms with E-state index < -0.39 is 47.2 Å². The molecule has 0 saturated carbocycles. The number of hydrogen-bond acceptors (Lipinski definition) is 7. The van der Waals surface area contributed by atoms with E-state index >= 15 is 0 Å². The second kappa shape index (κ2) is 13.9. The first-order valence-corrected chi connectivity index (χ1v) is 13.2. The van der Waals surface area contributed by atoms with E-state index in [2.05, 4.69) is 20.6 Å². The van der Waals surface area contributed by atoms with Crippen LogP contribution in [0.3, 0.4) is 0 Å². The first kappa shape index (κ1) is 30.6. The zero-order valence-corrected chi connectivity index (χ0v) is 22.6. The summed E-state index contributed by atoms with van der Waals surface area (Å²) in [6, 6.07) is 11.2. The van der Waals surface area contributed by atoms with E-state index in [4.69, 9.17) is 10.8 Å². The van der Waals surface area contributed by atoms with Crippen LogP contribution in [0.25, 0.3) is 11.0 Å². The number of aliphatic carboxylic acids is 1. The van der Waals surface area contributed by atoms with Gasteiger partial charge in [-0.05, 0) is 75.8 Å². The van der Waals surface area contributed by atoms with Crippen molar-refractivity contribution in [1.82, 2.24) is 20.6 Å². The largest absolute Gasteiger partial charge is 0.480 e. The number of carbonyl (C=O) groups excluding carboxylic acids is 2. The topological polar surface area (TPSA) is 168 Å². The second-order valence-electron chi connectivity index (χ2n) is 10.6. The van der Waals surface area contributed by atoms with Crippen LogP contribution in [-0.4, -0.2) is 62.2 Å². The maximum absolute atomic E-state index is 14.0. The van der Waals surface area contributed by atoms with Crippen molar-refractivity contribution in [2.45, 2.75) is 63.6 Å². The van der Waals surface area contributed by atoms with E-state index in [0.717, 1.165) is 0 Å². The van der Waals surface area contributed by atoms with Crippen LogP contribution in [0.2, 0.25) is 0 Å². The van der Waals surface area contributed by atoms with Crippen LogP contribution in [0.15, 0.2) is 54.7 Å². The summed E-state index contributed by atoms with van der Waals surface area (Å²) < 4.78 is 14.0. The molecule has 2 amide bonds. The number of carboxylic acids is 1. The predicted octanol–water partition coefficient (Wildman–Crippen LogP) is 2.59. The van der Waals surface area contributed by atoms with Gasteiger partial charge in [0.2, 0.25) is 5.91 Å². The fourth-order valence-corrected chi connectivity index (χ4v) is 4.39. The van der Waals surface area contributed by atoms with E-state index in [9.17, 15) is 23.9 Å². The molecule has 3 atom stereocenters. The molecule has 6 N–H and O–H groups in total. The minimum Gasteiger partial charge on any atom is -0.480 e. The van der Waals surface area contributed by atoms with Crippen LogP contribution in [0.1, 0.15) is 55.6 Å². The summed E-state index contributed by atoms with van der Waals surface area (Å²) >= 11 is 0. The van der Waals surface area contributed by atoms with Crippen LogP contribution in [0, 0.1) is 11.7 Å². The number of benzene rings is 2. The van der Waals surface area contributed by atoms with Crippen LogP contribution in [0.4, 0.5) is 4.39 Å². The third-order valence-electron chi connectivity index (χ3n) is 6.48. The second-order valence-corrected chi connectivity index (χ2v) is 10.6. The fourth-order valence-electron chi connectivity index (χ4n) is 4.39. The highest BCUT2D eigenvalue weighted by molar-refractivity contribution is 5.94. The minimum atomic E-state index is -1.27. The van der Waals surface area contributed by atoms with E-state index in [1.807, 2.05) is 6.07 Å². The van der Waals surface area contributed by atoms with E-state index in [1.54, 1.807) is 44.2 Å². The number of nitrogens with one attached hydrogen (secondary N) is 2. The van der Waals surface area contributed by atoms with Crippen molar-refractivity contribution in [1.29, 1.82) is 0 Å². The molecule has 0 bridgehead atoms. The lowest BCUT2D eigenvalue weighted by Gasteiger charge is -2.26. The monoisotopic (exact) mass is 553 g/mol. The van der Waals surface area contributed by atoms with Gasteiger partial charge in [0.15, 0.2) is 0 Å². The molecule has 1 heterocycles. The molecule has 0 aliphatic heterocycles. The van der Waals surface area contributed by atoms with Crippen molar-refractivity contribution in [3.05, 3.63) is 71.8 Å². The average molecular weight is 554 g/mol. The number of nitrogens with zero attached hydrogens (tertiary/aromatic N) is 2. The number of carboxylic acid groups (broad SMARTS) is 1. The Hall–Kier alpha value is -3.96. The molecular weight excluding hydrogens is 517 g/mol. The van der Waals surface area contributed by atoms with E-state index in [1.165, 1.54) is 18.3 Å². The lowest BCUT2D eigenvalue weighted by Crippen LogP contribution is -2.46. The highest BCUT2D eigenvalue weighted by atomic mass is 19.1. The minimum absolute atomic E-state index is 0.0957. The molecule has 0 spiro atoms. The van der Waals surface area contributed by atoms with Crippen molar-refractivity contribution in [2.24, 2.45) is 11.7 Å². The lowest BCUT2D eigenvalue weighted by atomic mass is 9.88. The number of hydrogen-bond donors (Lipinski definition) is 5. The zero-order chi connectivity index (χ0) is 29.3. The van der Waals surface area contributed by atoms with Gasteiger partial charge in [-0.3, -0.25) is 19.4 Å². The Bertz CT molecular complexity index is 1330. The molecular formula is C29H36FN5O5. The molecule has 10 nitrogen and oxygen atoms in total. The molecule has 40 heavy (non-hydrogen) atoms. The normalized spacial score (nSPS) is 13.8. The number of carbonyl (C=O) groups is 3. The Morgan fingerprint density at radius 2 is 1.82 bits per heavy atom. The third-order valence-corrected chi connectivity index (χ3v) is 6.48. The average Bonchev–Trinajstić information content (AvgIpc) is 2.89. The van der Waals surface area contributed by atoms with Gasteiger partial charge in [0.05, 0.1) is 22.8 Å². The highest BCUT2D eigenvalue weighted by Crippen LogP contribution is 2.22. The van der Waals surface area contributed by atoms with Crippen molar-refractivity contribution >= 4 is 28.8 Å². The smallest absolute Gasteiger partial charge is 0.322 e. The summed E-state index contributed by atoms with van der Waals surface area (Å²) in [6.45, 7) is 3.08. The highest BCUT2D eigenvalue weighted by Gasteiger charge is 2.27. The molecule has 3 aromatic rings. The molecule has 2 aromatic carbocycles. The molecule has 0 aliphatic rings. The molecule has 0 aliphatic carbocycles. The molecule has 3 rings (SSSR count). The lowest BCUT2D eigenvalue weighted by molar-refractivity contribution is -0.138. The number of para-hydroxylation sites is 2.